The summed E-state index contributed by atoms with van der Waals surface area (Å²) in [6, 6.07) is 7.29. The van der Waals surface area contributed by atoms with E-state index in [1.165, 1.54) is 0 Å². The summed E-state index contributed by atoms with van der Waals surface area (Å²) in [6.07, 6.45) is 4.37. The Hall–Kier alpha value is -1.22. The number of hydrogen-bond acceptors (Lipinski definition) is 2. The summed E-state index contributed by atoms with van der Waals surface area (Å²) in [4.78, 5) is 12.0. The van der Waals surface area contributed by atoms with Gasteiger partial charge in [0.05, 0.1) is 6.10 Å². The summed E-state index contributed by atoms with van der Waals surface area (Å²) in [7, 11) is 0. The molecule has 0 aliphatic rings. The van der Waals surface area contributed by atoms with Crippen LogP contribution in [0.15, 0.2) is 24.3 Å². The van der Waals surface area contributed by atoms with Crippen molar-refractivity contribution >= 4 is 17.5 Å². The van der Waals surface area contributed by atoms with Crippen LogP contribution in [0.3, 0.4) is 0 Å². The molecule has 0 radical (unpaired) electrons. The van der Waals surface area contributed by atoms with Gasteiger partial charge in [-0.2, -0.15) is 0 Å². The quantitative estimate of drug-likeness (QED) is 0.552. The van der Waals surface area contributed by atoms with Crippen LogP contribution in [0.2, 0.25) is 0 Å². The maximum Gasteiger partial charge on any atom is 0.251 e. The Bertz CT molecular complexity index is 407. The number of halogens is 1. The van der Waals surface area contributed by atoms with Crippen LogP contribution in [0.4, 0.5) is 0 Å². The van der Waals surface area contributed by atoms with Crippen molar-refractivity contribution in [3.05, 3.63) is 29.8 Å². The molecule has 20 heavy (non-hydrogen) atoms. The number of carbonyl (C=O) groups is 1. The number of carbonyl (C=O) groups excluding carboxylic acids is 1. The lowest BCUT2D eigenvalue weighted by Crippen LogP contribution is -2.24. The highest BCUT2D eigenvalue weighted by atomic mass is 35.5. The first-order valence-electron chi connectivity index (χ1n) is 7.24. The molecule has 0 fully saturated rings. The van der Waals surface area contributed by atoms with Gasteiger partial charge in [-0.1, -0.05) is 18.9 Å². The lowest BCUT2D eigenvalue weighted by atomic mass is 10.2. The van der Waals surface area contributed by atoms with Crippen LogP contribution in [-0.2, 0) is 0 Å². The summed E-state index contributed by atoms with van der Waals surface area (Å²) in [5, 5.41) is 2.93. The molecule has 0 saturated carbocycles. The van der Waals surface area contributed by atoms with E-state index in [4.69, 9.17) is 16.3 Å². The molecule has 0 saturated heterocycles. The fourth-order valence-corrected chi connectivity index (χ4v) is 2.05. The monoisotopic (exact) mass is 297 g/mol. The molecule has 0 aliphatic heterocycles. The topological polar surface area (TPSA) is 38.3 Å². The Balaban J connectivity index is 2.35. The number of unbranched alkanes of at least 4 members (excludes halogenated alkanes) is 3. The average molecular weight is 298 g/mol. The van der Waals surface area contributed by atoms with Crippen molar-refractivity contribution in [3.8, 4) is 5.75 Å². The first kappa shape index (κ1) is 16.8. The van der Waals surface area contributed by atoms with Gasteiger partial charge in [0, 0.05) is 18.0 Å². The summed E-state index contributed by atoms with van der Waals surface area (Å²) >= 11 is 5.61. The van der Waals surface area contributed by atoms with Crippen LogP contribution in [0.25, 0.3) is 0 Å². The van der Waals surface area contributed by atoms with Gasteiger partial charge in [-0.3, -0.25) is 4.79 Å². The lowest BCUT2D eigenvalue weighted by Gasteiger charge is -2.11. The van der Waals surface area contributed by atoms with Crippen molar-refractivity contribution in [1.29, 1.82) is 0 Å². The lowest BCUT2D eigenvalue weighted by molar-refractivity contribution is 0.0952. The largest absolute Gasteiger partial charge is 0.491 e. The second-order valence-corrected chi connectivity index (χ2v) is 5.43. The molecule has 1 rings (SSSR count). The van der Waals surface area contributed by atoms with E-state index in [1.54, 1.807) is 12.1 Å². The molecule has 0 aliphatic carbocycles. The summed E-state index contributed by atoms with van der Waals surface area (Å²) in [6.45, 7) is 4.64. The molecule has 0 aromatic heterocycles. The van der Waals surface area contributed by atoms with Crippen LogP contribution in [0, 0.1) is 0 Å². The molecule has 1 aromatic carbocycles. The molecule has 1 amide bonds. The Kier molecular flexibility index (Phi) is 8.12. The van der Waals surface area contributed by atoms with Crippen molar-refractivity contribution in [3.63, 3.8) is 0 Å². The third kappa shape index (κ3) is 6.80. The summed E-state index contributed by atoms with van der Waals surface area (Å²) in [5.41, 5.74) is 0.643. The van der Waals surface area contributed by atoms with Gasteiger partial charge < -0.3 is 10.1 Å². The number of amides is 1. The molecule has 112 valence electrons. The van der Waals surface area contributed by atoms with E-state index in [2.05, 4.69) is 5.32 Å². The number of nitrogens with one attached hydrogen (secondary N) is 1. The predicted molar refractivity (Wildman–Crippen MR) is 83.7 cm³/mol. The number of benzene rings is 1. The van der Waals surface area contributed by atoms with E-state index in [1.807, 2.05) is 26.0 Å². The number of hydrogen-bond donors (Lipinski definition) is 1. The Labute approximate surface area is 126 Å². The van der Waals surface area contributed by atoms with Gasteiger partial charge in [0.2, 0.25) is 0 Å². The van der Waals surface area contributed by atoms with E-state index in [0.29, 0.717) is 12.1 Å². The average Bonchev–Trinajstić information content (AvgIpc) is 2.42. The molecule has 1 aromatic rings. The van der Waals surface area contributed by atoms with Crippen LogP contribution < -0.4 is 10.1 Å². The van der Waals surface area contributed by atoms with E-state index in [0.717, 1.165) is 37.3 Å². The fourth-order valence-electron chi connectivity index (χ4n) is 1.86. The van der Waals surface area contributed by atoms with Gasteiger partial charge in [-0.05, 0) is 44.9 Å². The first-order chi connectivity index (χ1) is 9.63. The highest BCUT2D eigenvalue weighted by Gasteiger charge is 2.06. The maximum absolute atomic E-state index is 12.0. The second-order valence-electron chi connectivity index (χ2n) is 5.05. The molecule has 0 spiro atoms. The fraction of sp³-hybridized carbons (Fsp3) is 0.562. The van der Waals surface area contributed by atoms with E-state index in [-0.39, 0.29) is 12.0 Å². The zero-order valence-electron chi connectivity index (χ0n) is 12.3. The number of alkyl halides is 1. The molecular formula is C16H24ClNO2. The van der Waals surface area contributed by atoms with E-state index < -0.39 is 0 Å². The van der Waals surface area contributed by atoms with Crippen molar-refractivity contribution in [2.24, 2.45) is 0 Å². The Morgan fingerprint density at radius 2 is 2.00 bits per heavy atom. The van der Waals surface area contributed by atoms with Crippen molar-refractivity contribution in [1.82, 2.24) is 5.32 Å². The van der Waals surface area contributed by atoms with Gasteiger partial charge >= 0.3 is 0 Å². The van der Waals surface area contributed by atoms with E-state index >= 15 is 0 Å². The van der Waals surface area contributed by atoms with Gasteiger partial charge in [-0.15, -0.1) is 11.6 Å². The van der Waals surface area contributed by atoms with Crippen molar-refractivity contribution < 1.29 is 9.53 Å². The SMILES string of the molecule is CC(C)Oc1cccc(C(=O)NCCCCCCCl)c1. The third-order valence-electron chi connectivity index (χ3n) is 2.81. The first-order valence-corrected chi connectivity index (χ1v) is 7.78. The molecule has 0 atom stereocenters. The molecular weight excluding hydrogens is 274 g/mol. The smallest absolute Gasteiger partial charge is 0.251 e. The van der Waals surface area contributed by atoms with Crippen LogP contribution in [0.5, 0.6) is 5.75 Å². The van der Waals surface area contributed by atoms with E-state index in [9.17, 15) is 4.79 Å². The molecule has 0 bridgehead atoms. The van der Waals surface area contributed by atoms with Crippen molar-refractivity contribution in [2.75, 3.05) is 12.4 Å². The highest BCUT2D eigenvalue weighted by molar-refractivity contribution is 6.17. The van der Waals surface area contributed by atoms with Crippen LogP contribution in [0.1, 0.15) is 49.9 Å². The standard InChI is InChI=1S/C16H24ClNO2/c1-13(2)20-15-9-7-8-14(12-15)16(19)18-11-6-4-3-5-10-17/h7-9,12-13H,3-6,10-11H2,1-2H3,(H,18,19). The predicted octanol–water partition coefficient (Wildman–Crippen LogP) is 4.00. The van der Waals surface area contributed by atoms with Crippen molar-refractivity contribution in [2.45, 2.75) is 45.6 Å². The van der Waals surface area contributed by atoms with Gasteiger partial charge in [0.15, 0.2) is 0 Å². The highest BCUT2D eigenvalue weighted by Crippen LogP contribution is 2.14. The van der Waals surface area contributed by atoms with Gasteiger partial charge in [-0.25, -0.2) is 0 Å². The Morgan fingerprint density at radius 3 is 2.70 bits per heavy atom. The molecule has 0 unspecified atom stereocenters. The number of ether oxygens (including phenoxy) is 1. The zero-order valence-corrected chi connectivity index (χ0v) is 13.1. The zero-order chi connectivity index (χ0) is 14.8. The molecule has 1 N–H and O–H groups in total. The minimum absolute atomic E-state index is 0.0449. The van der Waals surface area contributed by atoms with Gasteiger partial charge in [0.1, 0.15) is 5.75 Å². The van der Waals surface area contributed by atoms with Crippen LogP contribution >= 0.6 is 11.6 Å². The Morgan fingerprint density at radius 1 is 1.25 bits per heavy atom. The maximum atomic E-state index is 12.0. The summed E-state index contributed by atoms with van der Waals surface area (Å²) in [5.74, 6) is 1.40. The van der Waals surface area contributed by atoms with Gasteiger partial charge in [0.25, 0.3) is 5.91 Å². The molecule has 3 nitrogen and oxygen atoms in total. The number of rotatable bonds is 9. The molecule has 4 heteroatoms. The second kappa shape index (κ2) is 9.65. The minimum atomic E-state index is -0.0449. The third-order valence-corrected chi connectivity index (χ3v) is 3.08. The molecule has 0 heterocycles. The minimum Gasteiger partial charge on any atom is -0.491 e. The van der Waals surface area contributed by atoms with Crippen LogP contribution in [-0.4, -0.2) is 24.4 Å². The summed E-state index contributed by atoms with van der Waals surface area (Å²) < 4.78 is 5.58. The normalized spacial score (nSPS) is 10.6.